The van der Waals surface area contributed by atoms with Crippen LogP contribution in [0, 0.1) is 5.92 Å². The summed E-state index contributed by atoms with van der Waals surface area (Å²) in [5.74, 6) is -2.80. The Morgan fingerprint density at radius 3 is 2.69 bits per heavy atom. The van der Waals surface area contributed by atoms with E-state index in [4.69, 9.17) is 0 Å². The van der Waals surface area contributed by atoms with Gasteiger partial charge in [0.05, 0.1) is 11.4 Å². The largest absolute Gasteiger partial charge is 0.249 e. The first-order valence-electron chi connectivity index (χ1n) is 4.74. The van der Waals surface area contributed by atoms with Crippen molar-refractivity contribution in [3.05, 3.63) is 28.5 Å². The van der Waals surface area contributed by atoms with Crippen LogP contribution in [0.25, 0.3) is 0 Å². The standard InChI is InChI=1S/C10H9BrF2N2S/c11-8-3-1-2-7(14-8)9(15-16)6-4-10(12,13)5-6/h1-3,6,16H,4-5H2/b15-9+. The molecule has 1 aromatic heterocycles. The Hall–Kier alpha value is -0.490. The van der Waals surface area contributed by atoms with Gasteiger partial charge in [-0.2, -0.15) is 0 Å². The van der Waals surface area contributed by atoms with Crippen molar-refractivity contribution in [2.24, 2.45) is 10.3 Å². The fraction of sp³-hybridized carbons (Fsp3) is 0.400. The molecule has 1 aromatic rings. The lowest BCUT2D eigenvalue weighted by molar-refractivity contribution is -0.0907. The van der Waals surface area contributed by atoms with Crippen molar-refractivity contribution < 1.29 is 8.78 Å². The van der Waals surface area contributed by atoms with E-state index in [2.05, 4.69) is 38.1 Å². The van der Waals surface area contributed by atoms with Crippen LogP contribution in [0.2, 0.25) is 0 Å². The molecule has 1 heterocycles. The smallest absolute Gasteiger partial charge is 0.240 e. The van der Waals surface area contributed by atoms with Crippen molar-refractivity contribution in [1.29, 1.82) is 0 Å². The van der Waals surface area contributed by atoms with Gasteiger partial charge in [0.25, 0.3) is 0 Å². The SMILES string of the molecule is FC1(F)CC(/C(=N\S)c2cccc(Br)n2)C1. The zero-order valence-corrected chi connectivity index (χ0v) is 10.7. The summed E-state index contributed by atoms with van der Waals surface area (Å²) in [4.78, 5) is 4.19. The Morgan fingerprint density at radius 2 is 2.19 bits per heavy atom. The Morgan fingerprint density at radius 1 is 1.50 bits per heavy atom. The first-order chi connectivity index (χ1) is 7.52. The number of aromatic nitrogens is 1. The molecule has 0 bridgehead atoms. The van der Waals surface area contributed by atoms with Gasteiger partial charge >= 0.3 is 0 Å². The highest BCUT2D eigenvalue weighted by molar-refractivity contribution is 9.10. The van der Waals surface area contributed by atoms with Gasteiger partial charge in [0.15, 0.2) is 0 Å². The van der Waals surface area contributed by atoms with Crippen molar-refractivity contribution in [3.8, 4) is 0 Å². The van der Waals surface area contributed by atoms with Crippen LogP contribution in [0.3, 0.4) is 0 Å². The molecule has 0 N–H and O–H groups in total. The van der Waals surface area contributed by atoms with E-state index in [0.717, 1.165) is 0 Å². The Bertz CT molecular complexity index is 429. The van der Waals surface area contributed by atoms with Gasteiger partial charge in [-0.1, -0.05) is 6.07 Å². The maximum Gasteiger partial charge on any atom is 0.249 e. The molecule has 1 aliphatic rings. The lowest BCUT2D eigenvalue weighted by atomic mass is 9.77. The molecule has 0 radical (unpaired) electrons. The predicted molar refractivity (Wildman–Crippen MR) is 65.1 cm³/mol. The average molecular weight is 307 g/mol. The van der Waals surface area contributed by atoms with Gasteiger partial charge in [0.1, 0.15) is 4.60 Å². The molecule has 0 saturated heterocycles. The van der Waals surface area contributed by atoms with E-state index in [-0.39, 0.29) is 18.8 Å². The van der Waals surface area contributed by atoms with Crippen LogP contribution >= 0.6 is 28.7 Å². The van der Waals surface area contributed by atoms with Crippen LogP contribution in [0.1, 0.15) is 18.5 Å². The molecular weight excluding hydrogens is 298 g/mol. The first-order valence-corrected chi connectivity index (χ1v) is 5.94. The molecule has 0 spiro atoms. The van der Waals surface area contributed by atoms with Gasteiger partial charge in [0.2, 0.25) is 5.92 Å². The summed E-state index contributed by atoms with van der Waals surface area (Å²) in [6.07, 6.45) is -0.332. The number of rotatable bonds is 2. The summed E-state index contributed by atoms with van der Waals surface area (Å²) < 4.78 is 30.0. The molecule has 0 aromatic carbocycles. The molecule has 1 aliphatic carbocycles. The van der Waals surface area contributed by atoms with Gasteiger partial charge in [-0.15, -0.1) is 0 Å². The first kappa shape index (κ1) is 12.0. The highest BCUT2D eigenvalue weighted by atomic mass is 79.9. The summed E-state index contributed by atoms with van der Waals surface area (Å²) in [5, 5.41) is 0. The quantitative estimate of drug-likeness (QED) is 0.505. The number of hydrogen-bond acceptors (Lipinski definition) is 3. The molecule has 2 nitrogen and oxygen atoms in total. The second kappa shape index (κ2) is 4.41. The Kier molecular flexibility index (Phi) is 3.30. The third-order valence-corrected chi connectivity index (χ3v) is 3.22. The maximum atomic E-state index is 12.8. The van der Waals surface area contributed by atoms with Gasteiger partial charge in [-0.3, -0.25) is 0 Å². The van der Waals surface area contributed by atoms with Crippen LogP contribution in [0.5, 0.6) is 0 Å². The third kappa shape index (κ3) is 2.43. The summed E-state index contributed by atoms with van der Waals surface area (Å²) >= 11 is 7.06. The van der Waals surface area contributed by atoms with Gasteiger partial charge in [0, 0.05) is 18.8 Å². The van der Waals surface area contributed by atoms with Gasteiger partial charge < -0.3 is 0 Å². The minimum atomic E-state index is -2.56. The number of thiol groups is 1. The van der Waals surface area contributed by atoms with Crippen molar-refractivity contribution in [3.63, 3.8) is 0 Å². The van der Waals surface area contributed by atoms with E-state index in [1.165, 1.54) is 0 Å². The van der Waals surface area contributed by atoms with Crippen LogP contribution in [0.15, 0.2) is 27.2 Å². The average Bonchev–Trinajstić information content (AvgIpc) is 2.16. The van der Waals surface area contributed by atoms with Crippen LogP contribution in [-0.2, 0) is 0 Å². The molecule has 0 atom stereocenters. The predicted octanol–water partition coefficient (Wildman–Crippen LogP) is 3.52. The topological polar surface area (TPSA) is 25.2 Å². The lowest BCUT2D eigenvalue weighted by Crippen LogP contribution is -2.40. The second-order valence-corrected chi connectivity index (χ2v) is 4.80. The monoisotopic (exact) mass is 306 g/mol. The number of halogens is 3. The van der Waals surface area contributed by atoms with Crippen molar-refractivity contribution >= 4 is 34.5 Å². The summed E-state index contributed by atoms with van der Waals surface area (Å²) in [6.45, 7) is 0. The second-order valence-electron chi connectivity index (χ2n) is 3.79. The molecular formula is C10H9BrF2N2S. The van der Waals surface area contributed by atoms with Gasteiger partial charge in [-0.05, 0) is 40.9 Å². The molecule has 1 fully saturated rings. The van der Waals surface area contributed by atoms with Crippen molar-refractivity contribution in [2.45, 2.75) is 18.8 Å². The summed E-state index contributed by atoms with van der Waals surface area (Å²) in [6, 6.07) is 5.31. The Balaban J connectivity index is 2.19. The number of hydrogen-bond donors (Lipinski definition) is 1. The number of pyridine rings is 1. The van der Waals surface area contributed by atoms with Crippen molar-refractivity contribution in [1.82, 2.24) is 4.98 Å². The number of alkyl halides is 2. The van der Waals surface area contributed by atoms with Crippen LogP contribution in [-0.4, -0.2) is 16.6 Å². The summed E-state index contributed by atoms with van der Waals surface area (Å²) in [5.41, 5.74) is 1.14. The zero-order chi connectivity index (χ0) is 11.8. The van der Waals surface area contributed by atoms with Crippen LogP contribution in [0.4, 0.5) is 8.78 Å². The molecule has 6 heteroatoms. The van der Waals surface area contributed by atoms with E-state index in [9.17, 15) is 8.78 Å². The highest BCUT2D eigenvalue weighted by Gasteiger charge is 2.47. The van der Waals surface area contributed by atoms with Crippen LogP contribution < -0.4 is 0 Å². The third-order valence-electron chi connectivity index (χ3n) is 2.56. The normalized spacial score (nSPS) is 20.6. The van der Waals surface area contributed by atoms with E-state index in [1.54, 1.807) is 18.2 Å². The van der Waals surface area contributed by atoms with Gasteiger partial charge in [-0.25, -0.2) is 18.2 Å². The zero-order valence-electron chi connectivity index (χ0n) is 8.20. The van der Waals surface area contributed by atoms with E-state index in [0.29, 0.717) is 16.0 Å². The lowest BCUT2D eigenvalue weighted by Gasteiger charge is -2.35. The van der Waals surface area contributed by atoms with E-state index < -0.39 is 5.92 Å². The molecule has 0 amide bonds. The fourth-order valence-corrected chi connectivity index (χ4v) is 2.36. The van der Waals surface area contributed by atoms with E-state index >= 15 is 0 Å². The molecule has 0 unspecified atom stereocenters. The molecule has 2 rings (SSSR count). The summed E-state index contributed by atoms with van der Waals surface area (Å²) in [7, 11) is 0. The molecule has 1 saturated carbocycles. The van der Waals surface area contributed by atoms with Crippen molar-refractivity contribution in [2.75, 3.05) is 0 Å². The highest BCUT2D eigenvalue weighted by Crippen LogP contribution is 2.44. The van der Waals surface area contributed by atoms with E-state index in [1.807, 2.05) is 0 Å². The minimum Gasteiger partial charge on any atom is -0.240 e. The fourth-order valence-electron chi connectivity index (χ4n) is 1.75. The molecule has 86 valence electrons. The minimum absolute atomic E-state index is 0.166. The number of nitrogens with zero attached hydrogens (tertiary/aromatic N) is 2. The molecule has 0 aliphatic heterocycles. The molecule has 16 heavy (non-hydrogen) atoms. The Labute approximate surface area is 106 Å². The maximum absolute atomic E-state index is 12.8.